The molecular weight excluding hydrogens is 242 g/mol. The molecule has 3 aliphatic rings. The van der Waals surface area contributed by atoms with Gasteiger partial charge in [-0.3, -0.25) is 0 Å². The Morgan fingerprint density at radius 3 is 2.72 bits per heavy atom. The van der Waals surface area contributed by atoms with E-state index in [1.165, 1.54) is 32.1 Å². The van der Waals surface area contributed by atoms with Crippen molar-refractivity contribution < 1.29 is 5.11 Å². The molecule has 0 spiro atoms. The summed E-state index contributed by atoms with van der Waals surface area (Å²) in [6.45, 7) is 2.54. The van der Waals surface area contributed by atoms with Crippen LogP contribution in [0.3, 0.4) is 0 Å². The largest absolute Gasteiger partial charge is 0.395 e. The molecule has 0 aromatic heterocycles. The maximum absolute atomic E-state index is 9.39. The van der Waals surface area contributed by atoms with Crippen LogP contribution < -0.4 is 5.32 Å². The third-order valence-electron chi connectivity index (χ3n) is 5.95. The van der Waals surface area contributed by atoms with E-state index in [-0.39, 0.29) is 0 Å². The van der Waals surface area contributed by atoms with Crippen LogP contribution in [0.1, 0.15) is 39.0 Å². The number of hydrogen-bond donors (Lipinski definition) is 2. The average Bonchev–Trinajstić information content (AvgIpc) is 3.01. The van der Waals surface area contributed by atoms with Gasteiger partial charge in [0.05, 0.1) is 6.61 Å². The number of thioether (sulfide) groups is 1. The van der Waals surface area contributed by atoms with Gasteiger partial charge >= 0.3 is 0 Å². The fraction of sp³-hybridized carbons (Fsp3) is 1.00. The van der Waals surface area contributed by atoms with Crippen molar-refractivity contribution >= 4 is 11.8 Å². The van der Waals surface area contributed by atoms with Crippen LogP contribution in [0.2, 0.25) is 0 Å². The minimum atomic E-state index is 0.294. The lowest BCUT2D eigenvalue weighted by atomic mass is 9.79. The SMILES string of the molecule is CSC(CO)C(C)NC1CC2CC1C1CCCC21. The highest BCUT2D eigenvalue weighted by atomic mass is 32.2. The molecule has 3 rings (SSSR count). The highest BCUT2D eigenvalue weighted by Crippen LogP contribution is 2.58. The highest BCUT2D eigenvalue weighted by molar-refractivity contribution is 7.99. The fourth-order valence-corrected chi connectivity index (χ4v) is 5.78. The zero-order valence-corrected chi connectivity index (χ0v) is 12.5. The van der Waals surface area contributed by atoms with Crippen LogP contribution in [0.15, 0.2) is 0 Å². The maximum atomic E-state index is 9.39. The minimum absolute atomic E-state index is 0.294. The lowest BCUT2D eigenvalue weighted by Gasteiger charge is -2.35. The lowest BCUT2D eigenvalue weighted by Crippen LogP contribution is -2.48. The molecular formula is C15H27NOS. The van der Waals surface area contributed by atoms with Gasteiger partial charge in [-0.25, -0.2) is 0 Å². The van der Waals surface area contributed by atoms with E-state index >= 15 is 0 Å². The summed E-state index contributed by atoms with van der Waals surface area (Å²) in [6.07, 6.45) is 9.48. The second-order valence-electron chi connectivity index (χ2n) is 6.67. The van der Waals surface area contributed by atoms with E-state index < -0.39 is 0 Å². The molecule has 3 heteroatoms. The van der Waals surface area contributed by atoms with Gasteiger partial charge < -0.3 is 10.4 Å². The van der Waals surface area contributed by atoms with E-state index in [2.05, 4.69) is 18.5 Å². The monoisotopic (exact) mass is 269 g/mol. The van der Waals surface area contributed by atoms with Gasteiger partial charge in [-0.15, -0.1) is 0 Å². The molecule has 2 bridgehead atoms. The predicted molar refractivity (Wildman–Crippen MR) is 77.8 cm³/mol. The first-order valence-corrected chi connectivity index (χ1v) is 8.93. The highest BCUT2D eigenvalue weighted by Gasteiger charge is 2.53. The van der Waals surface area contributed by atoms with Gasteiger partial charge in [0.1, 0.15) is 0 Å². The molecule has 2 N–H and O–H groups in total. The molecule has 0 aliphatic heterocycles. The van der Waals surface area contributed by atoms with Crippen molar-refractivity contribution in [3.05, 3.63) is 0 Å². The van der Waals surface area contributed by atoms with E-state index in [4.69, 9.17) is 0 Å². The van der Waals surface area contributed by atoms with Crippen LogP contribution >= 0.6 is 11.8 Å². The second kappa shape index (κ2) is 5.34. The zero-order chi connectivity index (χ0) is 12.7. The van der Waals surface area contributed by atoms with Gasteiger partial charge in [0.15, 0.2) is 0 Å². The quantitative estimate of drug-likeness (QED) is 0.804. The molecule has 104 valence electrons. The summed E-state index contributed by atoms with van der Waals surface area (Å²) in [5.41, 5.74) is 0. The third-order valence-corrected chi connectivity index (χ3v) is 7.11. The molecule has 0 aromatic carbocycles. The molecule has 0 heterocycles. The summed E-state index contributed by atoms with van der Waals surface area (Å²) >= 11 is 1.79. The fourth-order valence-electron chi connectivity index (χ4n) is 5.14. The van der Waals surface area contributed by atoms with E-state index in [1.807, 2.05) is 0 Å². The number of fused-ring (bicyclic) bond motifs is 5. The average molecular weight is 269 g/mol. The molecule has 7 unspecified atom stereocenters. The van der Waals surface area contributed by atoms with E-state index in [0.29, 0.717) is 17.9 Å². The van der Waals surface area contributed by atoms with Crippen molar-refractivity contribution in [2.24, 2.45) is 23.7 Å². The standard InChI is InChI=1S/C15H27NOS/c1-9(15(8-17)18-2)16-14-7-10-6-13(14)12-5-3-4-11(10)12/h9-17H,3-8H2,1-2H3. The van der Waals surface area contributed by atoms with Crippen molar-refractivity contribution in [3.8, 4) is 0 Å². The molecule has 18 heavy (non-hydrogen) atoms. The Morgan fingerprint density at radius 1 is 1.22 bits per heavy atom. The van der Waals surface area contributed by atoms with Gasteiger partial charge in [0, 0.05) is 17.3 Å². The molecule has 7 atom stereocenters. The number of aliphatic hydroxyl groups excluding tert-OH is 1. The molecule has 2 nitrogen and oxygen atoms in total. The Balaban J connectivity index is 1.59. The van der Waals surface area contributed by atoms with Gasteiger partial charge in [0.2, 0.25) is 0 Å². The van der Waals surface area contributed by atoms with Gasteiger partial charge in [-0.05, 0) is 62.5 Å². The van der Waals surface area contributed by atoms with Crippen LogP contribution in [0.5, 0.6) is 0 Å². The van der Waals surface area contributed by atoms with Crippen molar-refractivity contribution in [3.63, 3.8) is 0 Å². The summed E-state index contributed by atoms with van der Waals surface area (Å²) in [6, 6.07) is 1.18. The Bertz CT molecular complexity index is 294. The zero-order valence-electron chi connectivity index (χ0n) is 11.6. The number of rotatable bonds is 5. The van der Waals surface area contributed by atoms with E-state index in [0.717, 1.165) is 29.7 Å². The predicted octanol–water partition coefficient (Wildman–Crippen LogP) is 2.51. The molecule has 0 radical (unpaired) electrons. The van der Waals surface area contributed by atoms with Crippen molar-refractivity contribution in [1.29, 1.82) is 0 Å². The summed E-state index contributed by atoms with van der Waals surface area (Å²) in [7, 11) is 0. The van der Waals surface area contributed by atoms with Gasteiger partial charge in [0.25, 0.3) is 0 Å². The topological polar surface area (TPSA) is 32.3 Å². The first-order valence-electron chi connectivity index (χ1n) is 7.64. The Morgan fingerprint density at radius 2 is 2.00 bits per heavy atom. The second-order valence-corrected chi connectivity index (χ2v) is 7.75. The number of hydrogen-bond acceptors (Lipinski definition) is 3. The van der Waals surface area contributed by atoms with E-state index in [1.54, 1.807) is 11.8 Å². The van der Waals surface area contributed by atoms with Gasteiger partial charge in [-0.1, -0.05) is 6.42 Å². The first-order chi connectivity index (χ1) is 8.74. The van der Waals surface area contributed by atoms with Crippen LogP contribution in [0.4, 0.5) is 0 Å². The van der Waals surface area contributed by atoms with Crippen LogP contribution in [-0.2, 0) is 0 Å². The van der Waals surface area contributed by atoms with Crippen LogP contribution in [0, 0.1) is 23.7 Å². The summed E-state index contributed by atoms with van der Waals surface area (Å²) in [5, 5.41) is 13.6. The number of nitrogens with one attached hydrogen (secondary N) is 1. The molecule has 3 saturated carbocycles. The van der Waals surface area contributed by atoms with Crippen molar-refractivity contribution in [1.82, 2.24) is 5.32 Å². The number of aliphatic hydroxyl groups is 1. The van der Waals surface area contributed by atoms with E-state index in [9.17, 15) is 5.11 Å². The molecule has 0 saturated heterocycles. The maximum Gasteiger partial charge on any atom is 0.0564 e. The van der Waals surface area contributed by atoms with Crippen molar-refractivity contribution in [2.45, 2.75) is 56.4 Å². The van der Waals surface area contributed by atoms with Crippen LogP contribution in [0.25, 0.3) is 0 Å². The first kappa shape index (κ1) is 13.3. The summed E-state index contributed by atoms with van der Waals surface area (Å²) in [5.74, 6) is 4.09. The smallest absolute Gasteiger partial charge is 0.0564 e. The third kappa shape index (κ3) is 2.12. The van der Waals surface area contributed by atoms with Crippen LogP contribution in [-0.4, -0.2) is 35.3 Å². The van der Waals surface area contributed by atoms with Crippen molar-refractivity contribution in [2.75, 3.05) is 12.9 Å². The Hall–Kier alpha value is 0.270. The molecule has 3 fully saturated rings. The minimum Gasteiger partial charge on any atom is -0.395 e. The summed E-state index contributed by atoms with van der Waals surface area (Å²) < 4.78 is 0. The summed E-state index contributed by atoms with van der Waals surface area (Å²) in [4.78, 5) is 0. The molecule has 0 amide bonds. The molecule has 3 aliphatic carbocycles. The lowest BCUT2D eigenvalue weighted by molar-refractivity contribution is 0.191. The molecule has 0 aromatic rings. The normalized spacial score (nSPS) is 45.2. The van der Waals surface area contributed by atoms with Gasteiger partial charge in [-0.2, -0.15) is 11.8 Å². The Kier molecular flexibility index (Phi) is 3.93. The Labute approximate surface area is 115 Å².